The van der Waals surface area contributed by atoms with Gasteiger partial charge in [0, 0.05) is 5.69 Å². The Morgan fingerprint density at radius 2 is 1.55 bits per heavy atom. The molecular weight excluding hydrogens is 476 g/mol. The Labute approximate surface area is 225 Å². The molecule has 1 fully saturated rings. The van der Waals surface area contributed by atoms with Crippen molar-refractivity contribution in [3.8, 4) is 6.07 Å². The molecule has 2 amide bonds. The topological polar surface area (TPSA) is 96.7 Å². The lowest BCUT2D eigenvalue weighted by atomic mass is 9.91. The molecule has 2 unspecified atom stereocenters. The summed E-state index contributed by atoms with van der Waals surface area (Å²) < 4.78 is 0. The maximum atomic E-state index is 13.7. The number of carbonyl (C=O) groups is 2. The number of rotatable bonds is 13. The van der Waals surface area contributed by atoms with Crippen molar-refractivity contribution in [1.82, 2.24) is 5.01 Å². The van der Waals surface area contributed by atoms with Crippen LogP contribution in [0.25, 0.3) is 0 Å². The number of fused-ring (bicyclic) bond motifs is 1. The predicted octanol–water partition coefficient (Wildman–Crippen LogP) is 5.58. The lowest BCUT2D eigenvalue weighted by Gasteiger charge is -2.40. The summed E-state index contributed by atoms with van der Waals surface area (Å²) in [6, 6.07) is 16.7. The maximum absolute atomic E-state index is 13.7. The first-order valence-electron chi connectivity index (χ1n) is 13.9. The molecule has 0 aliphatic carbocycles. The first kappa shape index (κ1) is 27.6. The van der Waals surface area contributed by atoms with Crippen molar-refractivity contribution in [1.29, 1.82) is 5.26 Å². The third-order valence-corrected chi connectivity index (χ3v) is 7.49. The Bertz CT molecular complexity index is 1140. The van der Waals surface area contributed by atoms with Gasteiger partial charge in [-0.1, -0.05) is 88.6 Å². The summed E-state index contributed by atoms with van der Waals surface area (Å²) in [5.41, 5.74) is 5.05. The Hall–Kier alpha value is -3.47. The van der Waals surface area contributed by atoms with E-state index in [1.165, 1.54) is 37.0 Å². The van der Waals surface area contributed by atoms with Crippen LogP contribution in [0.1, 0.15) is 70.3 Å². The summed E-state index contributed by atoms with van der Waals surface area (Å²) in [5, 5.41) is 22.1. The van der Waals surface area contributed by atoms with Crippen LogP contribution in [0.15, 0.2) is 66.7 Å². The highest BCUT2D eigenvalue weighted by Crippen LogP contribution is 2.36. The largest absolute Gasteiger partial charge is 0.391 e. The van der Waals surface area contributed by atoms with Crippen molar-refractivity contribution in [2.75, 3.05) is 10.3 Å². The second kappa shape index (κ2) is 13.4. The van der Waals surface area contributed by atoms with Crippen molar-refractivity contribution in [3.63, 3.8) is 0 Å². The van der Waals surface area contributed by atoms with Crippen LogP contribution in [0.5, 0.6) is 0 Å². The van der Waals surface area contributed by atoms with Gasteiger partial charge in [0.05, 0.1) is 35.4 Å². The third-order valence-electron chi connectivity index (χ3n) is 7.49. The molecule has 2 aromatic carbocycles. The summed E-state index contributed by atoms with van der Waals surface area (Å²) in [6.45, 7) is 2.22. The van der Waals surface area contributed by atoms with Crippen LogP contribution >= 0.6 is 0 Å². The van der Waals surface area contributed by atoms with Gasteiger partial charge < -0.3 is 10.5 Å². The van der Waals surface area contributed by atoms with Gasteiger partial charge in [-0.25, -0.2) is 9.91 Å². The molecule has 2 aliphatic rings. The number of unbranched alkanes of at least 4 members (excludes halogenated alkanes) is 7. The molecule has 7 heteroatoms. The summed E-state index contributed by atoms with van der Waals surface area (Å²) in [7, 11) is 0. The molecule has 2 aliphatic heterocycles. The average Bonchev–Trinajstić information content (AvgIpc) is 3.20. The van der Waals surface area contributed by atoms with E-state index in [4.69, 9.17) is 5.26 Å². The average molecular weight is 515 g/mol. The van der Waals surface area contributed by atoms with E-state index in [-0.39, 0.29) is 11.8 Å². The van der Waals surface area contributed by atoms with Gasteiger partial charge in [0.1, 0.15) is 6.04 Å². The molecule has 1 saturated heterocycles. The van der Waals surface area contributed by atoms with Crippen molar-refractivity contribution in [2.24, 2.45) is 5.92 Å². The highest BCUT2D eigenvalue weighted by atomic mass is 16.3. The van der Waals surface area contributed by atoms with E-state index >= 15 is 0 Å². The zero-order valence-corrected chi connectivity index (χ0v) is 22.1. The zero-order valence-electron chi connectivity index (χ0n) is 22.1. The number of hydrogen-bond acceptors (Lipinski definition) is 6. The van der Waals surface area contributed by atoms with E-state index in [0.717, 1.165) is 19.3 Å². The molecule has 0 spiro atoms. The normalized spacial score (nSPS) is 21.8. The molecule has 7 nitrogen and oxygen atoms in total. The van der Waals surface area contributed by atoms with Crippen LogP contribution in [0.4, 0.5) is 11.4 Å². The SMILES string of the molecule is CCCCCCCCCC[C@H](O)C1C=CC2C(=O)N(c3ccccc3)C(=O)[C@H]2N1Nc1ccc(C#N)cc1. The number of aliphatic hydroxyl groups is 1. The van der Waals surface area contributed by atoms with E-state index < -0.39 is 24.1 Å². The van der Waals surface area contributed by atoms with Crippen LogP contribution in [0.2, 0.25) is 0 Å². The zero-order chi connectivity index (χ0) is 26.9. The van der Waals surface area contributed by atoms with Crippen LogP contribution in [0.3, 0.4) is 0 Å². The van der Waals surface area contributed by atoms with E-state index in [2.05, 4.69) is 18.4 Å². The minimum atomic E-state index is -0.790. The van der Waals surface area contributed by atoms with Gasteiger partial charge in [0.25, 0.3) is 5.91 Å². The minimum Gasteiger partial charge on any atom is -0.391 e. The second-order valence-electron chi connectivity index (χ2n) is 10.2. The number of aliphatic hydroxyl groups excluding tert-OH is 1. The number of nitrogens with zero attached hydrogens (tertiary/aromatic N) is 3. The Morgan fingerprint density at radius 3 is 2.21 bits per heavy atom. The Balaban J connectivity index is 1.49. The fourth-order valence-corrected chi connectivity index (χ4v) is 5.39. The first-order valence-corrected chi connectivity index (χ1v) is 13.9. The van der Waals surface area contributed by atoms with Gasteiger partial charge in [0.15, 0.2) is 0 Å². The van der Waals surface area contributed by atoms with E-state index in [1.807, 2.05) is 12.1 Å². The number of hydrogen-bond donors (Lipinski definition) is 2. The first-order chi connectivity index (χ1) is 18.5. The van der Waals surface area contributed by atoms with E-state index in [0.29, 0.717) is 23.4 Å². The molecule has 38 heavy (non-hydrogen) atoms. The van der Waals surface area contributed by atoms with Gasteiger partial charge in [-0.2, -0.15) is 5.26 Å². The van der Waals surface area contributed by atoms with Crippen LogP contribution in [0, 0.1) is 17.2 Å². The van der Waals surface area contributed by atoms with Crippen LogP contribution in [-0.2, 0) is 9.59 Å². The number of nitrogens with one attached hydrogen (secondary N) is 1. The number of amides is 2. The number of benzene rings is 2. The molecule has 4 atom stereocenters. The molecule has 2 N–H and O–H groups in total. The number of carbonyl (C=O) groups excluding carboxylic acids is 2. The highest BCUT2D eigenvalue weighted by Gasteiger charge is 2.53. The quantitative estimate of drug-likeness (QED) is 0.206. The van der Waals surface area contributed by atoms with Crippen LogP contribution < -0.4 is 10.3 Å². The molecule has 4 rings (SSSR count). The van der Waals surface area contributed by atoms with Crippen molar-refractivity contribution < 1.29 is 14.7 Å². The van der Waals surface area contributed by atoms with Crippen LogP contribution in [-0.4, -0.2) is 40.1 Å². The number of nitriles is 1. The van der Waals surface area contributed by atoms with E-state index in [9.17, 15) is 14.7 Å². The fraction of sp³-hybridized carbons (Fsp3) is 0.452. The Kier molecular flexibility index (Phi) is 9.69. The molecule has 2 heterocycles. The number of hydrazine groups is 1. The molecule has 0 bridgehead atoms. The smallest absolute Gasteiger partial charge is 0.254 e. The third kappa shape index (κ3) is 6.32. The summed E-state index contributed by atoms with van der Waals surface area (Å²) in [4.78, 5) is 28.3. The fourth-order valence-electron chi connectivity index (χ4n) is 5.39. The van der Waals surface area contributed by atoms with Gasteiger partial charge in [0.2, 0.25) is 5.91 Å². The molecule has 0 radical (unpaired) electrons. The van der Waals surface area contributed by atoms with Crippen molar-refractivity contribution in [3.05, 3.63) is 72.3 Å². The summed E-state index contributed by atoms with van der Waals surface area (Å²) in [6.07, 6.45) is 13.0. The Morgan fingerprint density at radius 1 is 0.895 bits per heavy atom. The van der Waals surface area contributed by atoms with Gasteiger partial charge in [-0.15, -0.1) is 0 Å². The molecule has 2 aromatic rings. The number of anilines is 2. The van der Waals surface area contributed by atoms with Gasteiger partial charge >= 0.3 is 0 Å². The van der Waals surface area contributed by atoms with Gasteiger partial charge in [-0.3, -0.25) is 9.59 Å². The standard InChI is InChI=1S/C31H38N4O3/c1-2-3-4-5-6-7-8-12-15-28(36)27-21-20-26-29(35(27)33-24-18-16-23(22-32)17-19-24)31(38)34(30(26)37)25-13-10-9-11-14-25/h9-11,13-14,16-21,26-29,33,36H,2-8,12,15H2,1H3/t26?,27?,28-,29-/m0/s1. The molecule has 0 saturated carbocycles. The predicted molar refractivity (Wildman–Crippen MR) is 149 cm³/mol. The summed E-state index contributed by atoms with van der Waals surface area (Å²) in [5.74, 6) is -1.24. The number of imide groups is 1. The highest BCUT2D eigenvalue weighted by molar-refractivity contribution is 6.24. The summed E-state index contributed by atoms with van der Waals surface area (Å²) >= 11 is 0. The molecule has 200 valence electrons. The van der Waals surface area contributed by atoms with E-state index in [1.54, 1.807) is 59.6 Å². The second-order valence-corrected chi connectivity index (χ2v) is 10.2. The monoisotopic (exact) mass is 514 g/mol. The number of para-hydroxylation sites is 1. The lowest BCUT2D eigenvalue weighted by Crippen LogP contribution is -2.57. The minimum absolute atomic E-state index is 0.273. The maximum Gasteiger partial charge on any atom is 0.254 e. The lowest BCUT2D eigenvalue weighted by molar-refractivity contribution is -0.123. The molecular formula is C31H38N4O3. The van der Waals surface area contributed by atoms with Gasteiger partial charge in [-0.05, 0) is 42.8 Å². The molecule has 0 aromatic heterocycles. The van der Waals surface area contributed by atoms with Crippen molar-refractivity contribution in [2.45, 2.75) is 82.9 Å². The van der Waals surface area contributed by atoms with Crippen molar-refractivity contribution >= 4 is 23.2 Å².